The van der Waals surface area contributed by atoms with E-state index >= 15 is 0 Å². The summed E-state index contributed by atoms with van der Waals surface area (Å²) in [7, 11) is 0. The average molecular weight is 270 g/mol. The molecule has 1 saturated heterocycles. The lowest BCUT2D eigenvalue weighted by atomic mass is 10.1. The van der Waals surface area contributed by atoms with Gasteiger partial charge in [0.05, 0.1) is 11.0 Å². The van der Waals surface area contributed by atoms with Crippen molar-refractivity contribution in [2.75, 3.05) is 13.1 Å². The molecular weight excluding hydrogens is 252 g/mol. The Bertz CT molecular complexity index is 608. The molecule has 0 aliphatic carbocycles. The molecule has 20 heavy (non-hydrogen) atoms. The van der Waals surface area contributed by atoms with E-state index in [0.717, 1.165) is 24.0 Å². The van der Waals surface area contributed by atoms with Crippen molar-refractivity contribution < 1.29 is 4.79 Å². The molecule has 0 bridgehead atoms. The van der Waals surface area contributed by atoms with E-state index in [0.29, 0.717) is 18.2 Å². The summed E-state index contributed by atoms with van der Waals surface area (Å²) in [6.45, 7) is 1.80. The van der Waals surface area contributed by atoms with Crippen molar-refractivity contribution >= 4 is 16.9 Å². The third kappa shape index (κ3) is 2.93. The molecule has 1 atom stereocenters. The Morgan fingerprint density at radius 3 is 2.95 bits per heavy atom. The molecule has 1 aromatic carbocycles. The van der Waals surface area contributed by atoms with Crippen molar-refractivity contribution in [3.8, 4) is 0 Å². The van der Waals surface area contributed by atoms with E-state index in [-0.39, 0.29) is 5.91 Å². The molecule has 0 saturated carbocycles. The summed E-state index contributed by atoms with van der Waals surface area (Å²) in [5.41, 5.74) is 2.19. The predicted molar refractivity (Wildman–Crippen MR) is 77.5 cm³/mol. The van der Waals surface area contributed by atoms with Gasteiger partial charge in [0.15, 0.2) is 0 Å². The first-order valence-electron chi connectivity index (χ1n) is 7.05. The molecule has 2 heterocycles. The normalized spacial score (nSPS) is 18.3. The zero-order valence-electron chi connectivity index (χ0n) is 11.3. The van der Waals surface area contributed by atoms with E-state index in [4.69, 9.17) is 0 Å². The van der Waals surface area contributed by atoms with Crippen LogP contribution in [0.4, 0.5) is 0 Å². The number of nitrogens with one attached hydrogen (secondary N) is 2. The number of carbonyl (C=O) groups excluding carboxylic acids is 1. The number of aromatic nitrogens is 2. The van der Waals surface area contributed by atoms with E-state index in [1.54, 1.807) is 24.5 Å². The van der Waals surface area contributed by atoms with Gasteiger partial charge in [0.25, 0.3) is 5.91 Å². The predicted octanol–water partition coefficient (Wildman–Crippen LogP) is 1.50. The maximum atomic E-state index is 12.1. The molecule has 3 rings (SSSR count). The topological polar surface area (TPSA) is 66.9 Å². The smallest absolute Gasteiger partial charge is 0.251 e. The van der Waals surface area contributed by atoms with E-state index in [1.807, 2.05) is 6.07 Å². The van der Waals surface area contributed by atoms with Gasteiger partial charge in [0.1, 0.15) is 0 Å². The van der Waals surface area contributed by atoms with Crippen LogP contribution in [0, 0.1) is 0 Å². The van der Waals surface area contributed by atoms with Crippen LogP contribution in [0.2, 0.25) is 0 Å². The minimum atomic E-state index is -0.0458. The largest absolute Gasteiger partial charge is 0.352 e. The van der Waals surface area contributed by atoms with Crippen LogP contribution in [-0.2, 0) is 0 Å². The highest BCUT2D eigenvalue weighted by Gasteiger charge is 2.14. The summed E-state index contributed by atoms with van der Waals surface area (Å²) in [5.74, 6) is -0.0458. The Kier molecular flexibility index (Phi) is 3.87. The summed E-state index contributed by atoms with van der Waals surface area (Å²) in [5, 5.41) is 6.39. The zero-order valence-corrected chi connectivity index (χ0v) is 11.3. The summed E-state index contributed by atoms with van der Waals surface area (Å²) >= 11 is 0. The van der Waals surface area contributed by atoms with Crippen LogP contribution in [-0.4, -0.2) is 35.0 Å². The fourth-order valence-corrected chi connectivity index (χ4v) is 2.57. The van der Waals surface area contributed by atoms with Crippen LogP contribution in [0.1, 0.15) is 29.6 Å². The van der Waals surface area contributed by atoms with Gasteiger partial charge in [-0.25, -0.2) is 0 Å². The highest BCUT2D eigenvalue weighted by molar-refractivity contribution is 5.97. The Labute approximate surface area is 117 Å². The minimum absolute atomic E-state index is 0.0458. The van der Waals surface area contributed by atoms with Gasteiger partial charge in [-0.05, 0) is 44.0 Å². The summed E-state index contributed by atoms with van der Waals surface area (Å²) in [4.78, 5) is 20.5. The zero-order chi connectivity index (χ0) is 13.8. The monoisotopic (exact) mass is 270 g/mol. The minimum Gasteiger partial charge on any atom is -0.352 e. The SMILES string of the molecule is O=C(NCC[C@H]1CCCN1)c1ccc2nccnc2c1. The van der Waals surface area contributed by atoms with E-state index in [9.17, 15) is 4.79 Å². The van der Waals surface area contributed by atoms with Crippen molar-refractivity contribution in [1.82, 2.24) is 20.6 Å². The first kappa shape index (κ1) is 13.0. The van der Waals surface area contributed by atoms with Crippen molar-refractivity contribution in [2.24, 2.45) is 0 Å². The van der Waals surface area contributed by atoms with E-state index in [1.165, 1.54) is 12.8 Å². The molecule has 0 spiro atoms. The molecule has 5 heteroatoms. The second kappa shape index (κ2) is 5.96. The molecule has 104 valence electrons. The molecule has 5 nitrogen and oxygen atoms in total. The maximum absolute atomic E-state index is 12.1. The molecule has 0 unspecified atom stereocenters. The molecular formula is C15H18N4O. The lowest BCUT2D eigenvalue weighted by Crippen LogP contribution is -2.30. The van der Waals surface area contributed by atoms with E-state index in [2.05, 4.69) is 20.6 Å². The Balaban J connectivity index is 1.60. The van der Waals surface area contributed by atoms with Gasteiger partial charge in [-0.2, -0.15) is 0 Å². The number of hydrogen-bond acceptors (Lipinski definition) is 4. The highest BCUT2D eigenvalue weighted by Crippen LogP contribution is 2.11. The Morgan fingerprint density at radius 2 is 2.15 bits per heavy atom. The molecule has 2 aromatic rings. The van der Waals surface area contributed by atoms with Gasteiger partial charge in [-0.1, -0.05) is 0 Å². The third-order valence-electron chi connectivity index (χ3n) is 3.67. The highest BCUT2D eigenvalue weighted by atomic mass is 16.1. The number of benzene rings is 1. The van der Waals surface area contributed by atoms with Crippen LogP contribution < -0.4 is 10.6 Å². The Hall–Kier alpha value is -2.01. The van der Waals surface area contributed by atoms with E-state index < -0.39 is 0 Å². The van der Waals surface area contributed by atoms with Crippen molar-refractivity contribution in [3.05, 3.63) is 36.2 Å². The number of hydrogen-bond donors (Lipinski definition) is 2. The standard InChI is InChI=1S/C15H18N4O/c20-15(19-7-5-12-2-1-6-16-12)11-3-4-13-14(10-11)18-9-8-17-13/h3-4,8-10,12,16H,1-2,5-7H2,(H,19,20)/t12-/m1/s1. The second-order valence-corrected chi connectivity index (χ2v) is 5.10. The number of nitrogens with zero attached hydrogens (tertiary/aromatic N) is 2. The number of carbonyl (C=O) groups is 1. The number of fused-ring (bicyclic) bond motifs is 1. The molecule has 1 aliphatic rings. The number of rotatable bonds is 4. The summed E-state index contributed by atoms with van der Waals surface area (Å²) < 4.78 is 0. The van der Waals surface area contributed by atoms with Crippen LogP contribution >= 0.6 is 0 Å². The molecule has 1 aliphatic heterocycles. The van der Waals surface area contributed by atoms with Crippen LogP contribution in [0.3, 0.4) is 0 Å². The molecule has 1 amide bonds. The molecule has 0 radical (unpaired) electrons. The number of amides is 1. The fraction of sp³-hybridized carbons (Fsp3) is 0.400. The van der Waals surface area contributed by atoms with Gasteiger partial charge in [0, 0.05) is 30.5 Å². The maximum Gasteiger partial charge on any atom is 0.251 e. The van der Waals surface area contributed by atoms with Gasteiger partial charge < -0.3 is 10.6 Å². The van der Waals surface area contributed by atoms with Gasteiger partial charge in [-0.3, -0.25) is 14.8 Å². The first-order valence-corrected chi connectivity index (χ1v) is 7.05. The summed E-state index contributed by atoms with van der Waals surface area (Å²) in [6.07, 6.45) is 6.72. The van der Waals surface area contributed by atoms with Crippen molar-refractivity contribution in [2.45, 2.75) is 25.3 Å². The van der Waals surface area contributed by atoms with Crippen LogP contribution in [0.5, 0.6) is 0 Å². The lowest BCUT2D eigenvalue weighted by molar-refractivity contribution is 0.0952. The van der Waals surface area contributed by atoms with Gasteiger partial charge in [-0.15, -0.1) is 0 Å². The fourth-order valence-electron chi connectivity index (χ4n) is 2.57. The van der Waals surface area contributed by atoms with Crippen molar-refractivity contribution in [1.29, 1.82) is 0 Å². The van der Waals surface area contributed by atoms with Crippen LogP contribution in [0.25, 0.3) is 11.0 Å². The second-order valence-electron chi connectivity index (χ2n) is 5.10. The van der Waals surface area contributed by atoms with Gasteiger partial charge >= 0.3 is 0 Å². The summed E-state index contributed by atoms with van der Waals surface area (Å²) in [6, 6.07) is 5.96. The average Bonchev–Trinajstić information content (AvgIpc) is 3.00. The molecule has 1 aromatic heterocycles. The van der Waals surface area contributed by atoms with Crippen molar-refractivity contribution in [3.63, 3.8) is 0 Å². The first-order chi connectivity index (χ1) is 9.83. The molecule has 2 N–H and O–H groups in total. The quantitative estimate of drug-likeness (QED) is 0.883. The van der Waals surface area contributed by atoms with Gasteiger partial charge in [0.2, 0.25) is 0 Å². The third-order valence-corrected chi connectivity index (χ3v) is 3.67. The Morgan fingerprint density at radius 1 is 1.30 bits per heavy atom. The lowest BCUT2D eigenvalue weighted by Gasteiger charge is -2.10. The molecule has 1 fully saturated rings. The van der Waals surface area contributed by atoms with Crippen LogP contribution in [0.15, 0.2) is 30.6 Å².